The standard InChI is InChI=1S/C22H17ClF2N2O4S/c1-11-10-26-22(29)12-6-15(23)21(28)20(7-12)32(30)27-18-8-14(16(24)9-17(18)25)13-4-2-3-5-19(13)31-11/h2-9,11,27-28H,10H2,1H3,(H,26,29). The van der Waals surface area contributed by atoms with Crippen molar-refractivity contribution in [2.45, 2.75) is 17.9 Å². The van der Waals surface area contributed by atoms with Crippen LogP contribution in [0.2, 0.25) is 5.02 Å². The molecule has 3 aromatic carbocycles. The van der Waals surface area contributed by atoms with Gasteiger partial charge in [-0.2, -0.15) is 0 Å². The van der Waals surface area contributed by atoms with Crippen LogP contribution in [0.25, 0.3) is 11.1 Å². The molecule has 3 N–H and O–H groups in total. The Labute approximate surface area is 189 Å². The number of anilines is 1. The normalized spacial score (nSPS) is 18.3. The van der Waals surface area contributed by atoms with E-state index >= 15 is 0 Å². The largest absolute Gasteiger partial charge is 0.505 e. The second kappa shape index (κ2) is 8.76. The Kier molecular flexibility index (Phi) is 6.03. The maximum absolute atomic E-state index is 14.7. The fourth-order valence-corrected chi connectivity index (χ4v) is 4.48. The summed E-state index contributed by atoms with van der Waals surface area (Å²) in [5.41, 5.74) is 0.130. The van der Waals surface area contributed by atoms with Crippen LogP contribution in [0.4, 0.5) is 14.5 Å². The Bertz CT molecular complexity index is 1250. The maximum atomic E-state index is 14.7. The molecule has 0 saturated carbocycles. The third kappa shape index (κ3) is 4.26. The third-order valence-corrected chi connectivity index (χ3v) is 6.21. The van der Waals surface area contributed by atoms with Gasteiger partial charge in [-0.05, 0) is 31.2 Å². The van der Waals surface area contributed by atoms with Crippen LogP contribution in [-0.4, -0.2) is 27.9 Å². The lowest BCUT2D eigenvalue weighted by Gasteiger charge is -2.18. The van der Waals surface area contributed by atoms with Crippen LogP contribution in [0.3, 0.4) is 0 Å². The summed E-state index contributed by atoms with van der Waals surface area (Å²) in [6.45, 7) is 1.81. The summed E-state index contributed by atoms with van der Waals surface area (Å²) in [6.07, 6.45) is -0.507. The number of ether oxygens (including phenoxy) is 1. The molecule has 1 amide bonds. The lowest BCUT2D eigenvalue weighted by Crippen LogP contribution is -2.33. The summed E-state index contributed by atoms with van der Waals surface area (Å²) in [5.74, 6) is -2.57. The van der Waals surface area contributed by atoms with Gasteiger partial charge < -0.3 is 15.2 Å². The summed E-state index contributed by atoms with van der Waals surface area (Å²) in [4.78, 5) is 12.4. The number of rotatable bonds is 0. The van der Waals surface area contributed by atoms with Gasteiger partial charge in [-0.25, -0.2) is 13.0 Å². The van der Waals surface area contributed by atoms with E-state index in [1.807, 2.05) is 0 Å². The van der Waals surface area contributed by atoms with Crippen LogP contribution in [0, 0.1) is 11.6 Å². The number of phenols is 1. The fraction of sp³-hybridized carbons (Fsp3) is 0.136. The Hall–Kier alpha value is -3.17. The highest BCUT2D eigenvalue weighted by Gasteiger charge is 2.22. The number of nitrogens with one attached hydrogen (secondary N) is 2. The zero-order valence-corrected chi connectivity index (χ0v) is 18.2. The molecule has 4 rings (SSSR count). The molecule has 10 heteroatoms. The molecule has 6 nitrogen and oxygen atoms in total. The van der Waals surface area contributed by atoms with Gasteiger partial charge in [0.05, 0.1) is 17.3 Å². The molecular formula is C22H17ClF2N2O4S. The van der Waals surface area contributed by atoms with Crippen LogP contribution in [-0.2, 0) is 11.0 Å². The van der Waals surface area contributed by atoms with Gasteiger partial charge >= 0.3 is 0 Å². The molecule has 3 aromatic rings. The SMILES string of the molecule is CC1CNC(=O)c2cc(Cl)c(O)c(c2)S(=O)Nc2cc(c(F)cc2F)-c2ccccc2O1. The highest BCUT2D eigenvalue weighted by Crippen LogP contribution is 2.37. The lowest BCUT2D eigenvalue weighted by atomic mass is 10.0. The minimum atomic E-state index is -2.22. The van der Waals surface area contributed by atoms with E-state index in [4.69, 9.17) is 16.3 Å². The van der Waals surface area contributed by atoms with E-state index in [0.717, 1.165) is 0 Å². The van der Waals surface area contributed by atoms with Crippen molar-refractivity contribution >= 4 is 34.2 Å². The predicted molar refractivity (Wildman–Crippen MR) is 117 cm³/mol. The van der Waals surface area contributed by atoms with E-state index in [-0.39, 0.29) is 33.3 Å². The first kappa shape index (κ1) is 22.0. The number of hydrogen-bond donors (Lipinski definition) is 3. The molecule has 2 unspecified atom stereocenters. The van der Waals surface area contributed by atoms with Gasteiger partial charge in [0.15, 0.2) is 16.7 Å². The molecular weight excluding hydrogens is 462 g/mol. The molecule has 1 aliphatic rings. The van der Waals surface area contributed by atoms with Gasteiger partial charge in [0, 0.05) is 22.8 Å². The smallest absolute Gasteiger partial charge is 0.251 e. The zero-order chi connectivity index (χ0) is 23.0. The first-order chi connectivity index (χ1) is 15.2. The van der Waals surface area contributed by atoms with Crippen LogP contribution in [0.5, 0.6) is 11.5 Å². The number of benzene rings is 3. The average Bonchev–Trinajstić information content (AvgIpc) is 2.75. The highest BCUT2D eigenvalue weighted by atomic mass is 35.5. The van der Waals surface area contributed by atoms with E-state index in [1.165, 1.54) is 18.2 Å². The minimum Gasteiger partial charge on any atom is -0.505 e. The van der Waals surface area contributed by atoms with Crippen molar-refractivity contribution in [2.24, 2.45) is 0 Å². The Balaban J connectivity index is 1.90. The Morgan fingerprint density at radius 1 is 1.12 bits per heavy atom. The topological polar surface area (TPSA) is 87.7 Å². The minimum absolute atomic E-state index is 0.0172. The summed E-state index contributed by atoms with van der Waals surface area (Å²) < 4.78 is 50.4. The predicted octanol–water partition coefficient (Wildman–Crippen LogP) is 4.64. The maximum Gasteiger partial charge on any atom is 0.251 e. The van der Waals surface area contributed by atoms with Crippen LogP contribution >= 0.6 is 11.6 Å². The molecule has 0 radical (unpaired) electrons. The lowest BCUT2D eigenvalue weighted by molar-refractivity contribution is 0.0932. The number of hydrogen-bond acceptors (Lipinski definition) is 4. The Morgan fingerprint density at radius 3 is 2.66 bits per heavy atom. The van der Waals surface area contributed by atoms with E-state index in [0.29, 0.717) is 17.4 Å². The number of halogens is 3. The van der Waals surface area contributed by atoms with E-state index < -0.39 is 40.4 Å². The van der Waals surface area contributed by atoms with Gasteiger partial charge in [0.1, 0.15) is 28.4 Å². The first-order valence-electron chi connectivity index (χ1n) is 9.49. The summed E-state index contributed by atoms with van der Waals surface area (Å²) >= 11 is 6.01. The van der Waals surface area contributed by atoms with Crippen molar-refractivity contribution in [1.82, 2.24) is 5.32 Å². The average molecular weight is 479 g/mol. The van der Waals surface area contributed by atoms with E-state index in [1.54, 1.807) is 31.2 Å². The first-order valence-corrected chi connectivity index (χ1v) is 11.0. The molecule has 2 atom stereocenters. The van der Waals surface area contributed by atoms with E-state index in [2.05, 4.69) is 10.0 Å². The number of aromatic hydroxyl groups is 1. The number of carbonyl (C=O) groups is 1. The molecule has 1 heterocycles. The van der Waals surface area contributed by atoms with Gasteiger partial charge in [0.2, 0.25) is 0 Å². The van der Waals surface area contributed by atoms with Crippen molar-refractivity contribution in [3.8, 4) is 22.6 Å². The number of fused-ring (bicyclic) bond motifs is 6. The van der Waals surface area contributed by atoms with Crippen molar-refractivity contribution in [3.63, 3.8) is 0 Å². The molecule has 1 aliphatic heterocycles. The quantitative estimate of drug-likeness (QED) is 0.439. The monoisotopic (exact) mass is 478 g/mol. The molecule has 4 bridgehead atoms. The van der Waals surface area contributed by atoms with Crippen LogP contribution in [0.15, 0.2) is 53.4 Å². The molecule has 166 valence electrons. The zero-order valence-electron chi connectivity index (χ0n) is 16.6. The van der Waals surface area contributed by atoms with Crippen LogP contribution in [0.1, 0.15) is 17.3 Å². The molecule has 0 fully saturated rings. The van der Waals surface area contributed by atoms with Crippen molar-refractivity contribution in [1.29, 1.82) is 0 Å². The Morgan fingerprint density at radius 2 is 1.88 bits per heavy atom. The summed E-state index contributed by atoms with van der Waals surface area (Å²) in [5, 5.41) is 12.7. The molecule has 32 heavy (non-hydrogen) atoms. The second-order valence-electron chi connectivity index (χ2n) is 7.12. The molecule has 0 spiro atoms. The fourth-order valence-electron chi connectivity index (χ4n) is 3.22. The van der Waals surface area contributed by atoms with Crippen LogP contribution < -0.4 is 14.8 Å². The molecule has 0 aliphatic carbocycles. The summed E-state index contributed by atoms with van der Waals surface area (Å²) in [6, 6.07) is 10.8. The molecule has 0 saturated heterocycles. The number of phenolic OH excluding ortho intramolecular Hbond substituents is 1. The number of carbonyl (C=O) groups excluding carboxylic acids is 1. The van der Waals surface area contributed by atoms with Crippen molar-refractivity contribution in [2.75, 3.05) is 11.3 Å². The van der Waals surface area contributed by atoms with Gasteiger partial charge in [-0.3, -0.25) is 9.52 Å². The number of para-hydroxylation sites is 1. The van der Waals surface area contributed by atoms with E-state index in [9.17, 15) is 22.9 Å². The van der Waals surface area contributed by atoms with Gasteiger partial charge in [-0.1, -0.05) is 29.8 Å². The van der Waals surface area contributed by atoms with Crippen molar-refractivity contribution < 1.29 is 27.6 Å². The summed E-state index contributed by atoms with van der Waals surface area (Å²) in [7, 11) is -2.22. The van der Waals surface area contributed by atoms with Crippen molar-refractivity contribution in [3.05, 3.63) is 70.8 Å². The molecule has 0 aromatic heterocycles. The third-order valence-electron chi connectivity index (χ3n) is 4.81. The van der Waals surface area contributed by atoms with Gasteiger partial charge in [0.25, 0.3) is 5.91 Å². The van der Waals surface area contributed by atoms with Gasteiger partial charge in [-0.15, -0.1) is 0 Å². The second-order valence-corrected chi connectivity index (χ2v) is 8.71. The number of amides is 1. The highest BCUT2D eigenvalue weighted by molar-refractivity contribution is 7.86.